The molecule has 0 radical (unpaired) electrons. The predicted octanol–water partition coefficient (Wildman–Crippen LogP) is 4.52. The molecule has 3 amide bonds. The molecule has 1 aromatic carbocycles. The van der Waals surface area contributed by atoms with E-state index in [4.69, 9.17) is 9.15 Å². The van der Waals surface area contributed by atoms with Crippen LogP contribution >= 0.6 is 11.3 Å². The number of carbonyl (C=O) groups excluding carboxylic acids is 3. The third-order valence-corrected chi connectivity index (χ3v) is 9.06. The van der Waals surface area contributed by atoms with Crippen LogP contribution < -0.4 is 15.4 Å². The minimum atomic E-state index is -0.888. The number of hydrogen-bond donors (Lipinski definition) is 2. The molecule has 4 atom stereocenters. The number of carbonyl (C=O) groups is 3. The zero-order chi connectivity index (χ0) is 29.3. The fourth-order valence-corrected chi connectivity index (χ4v) is 7.18. The van der Waals surface area contributed by atoms with Crippen LogP contribution in [0.5, 0.6) is 5.75 Å². The van der Waals surface area contributed by atoms with E-state index in [1.54, 1.807) is 31.1 Å². The Morgan fingerprint density at radius 2 is 1.76 bits per heavy atom. The molecule has 2 aliphatic heterocycles. The molecule has 2 fully saturated rings. The molecule has 4 heterocycles. The number of benzene rings is 1. The Morgan fingerprint density at radius 1 is 1.05 bits per heavy atom. The normalized spacial score (nSPS) is 22.7. The van der Waals surface area contributed by atoms with Gasteiger partial charge in [0.1, 0.15) is 17.6 Å². The number of furan rings is 1. The van der Waals surface area contributed by atoms with Crippen molar-refractivity contribution in [2.24, 2.45) is 5.92 Å². The van der Waals surface area contributed by atoms with Gasteiger partial charge in [-0.15, -0.1) is 11.3 Å². The van der Waals surface area contributed by atoms with E-state index in [1.165, 1.54) is 11.3 Å². The summed E-state index contributed by atoms with van der Waals surface area (Å²) in [5.74, 6) is -0.194. The fourth-order valence-electron chi connectivity index (χ4n) is 6.07. The number of thiophene rings is 1. The summed E-state index contributed by atoms with van der Waals surface area (Å²) in [6.07, 6.45) is 0. The first-order valence-electron chi connectivity index (χ1n) is 14.1. The van der Waals surface area contributed by atoms with Crippen molar-refractivity contribution in [1.82, 2.24) is 20.4 Å². The largest absolute Gasteiger partial charge is 0.497 e. The summed E-state index contributed by atoms with van der Waals surface area (Å²) < 4.78 is 11.3. The number of amides is 3. The first-order valence-corrected chi connectivity index (χ1v) is 15.0. The number of nitrogens with zero attached hydrogens (tertiary/aromatic N) is 2. The van der Waals surface area contributed by atoms with Crippen molar-refractivity contribution in [3.8, 4) is 5.75 Å². The Kier molecular flexibility index (Phi) is 8.51. The number of hydrogen-bond acceptors (Lipinski definition) is 7. The lowest BCUT2D eigenvalue weighted by Crippen LogP contribution is -2.56. The van der Waals surface area contributed by atoms with Gasteiger partial charge >= 0.3 is 6.03 Å². The van der Waals surface area contributed by atoms with Gasteiger partial charge in [-0.2, -0.15) is 0 Å². The number of ketones is 1. The summed E-state index contributed by atoms with van der Waals surface area (Å²) in [4.78, 5) is 47.6. The monoisotopic (exact) mass is 578 g/mol. The van der Waals surface area contributed by atoms with E-state index in [0.717, 1.165) is 16.0 Å². The Morgan fingerprint density at radius 3 is 2.32 bits per heavy atom. The van der Waals surface area contributed by atoms with Crippen molar-refractivity contribution < 1.29 is 23.5 Å². The van der Waals surface area contributed by atoms with Crippen LogP contribution in [-0.4, -0.2) is 72.9 Å². The van der Waals surface area contributed by atoms with Crippen molar-refractivity contribution in [2.75, 3.05) is 33.3 Å². The van der Waals surface area contributed by atoms with Crippen molar-refractivity contribution in [3.05, 3.63) is 75.4 Å². The summed E-state index contributed by atoms with van der Waals surface area (Å²) in [5, 5.41) is 8.31. The molecule has 10 heteroatoms. The van der Waals surface area contributed by atoms with Crippen molar-refractivity contribution in [3.63, 3.8) is 0 Å². The molecule has 9 nitrogen and oxygen atoms in total. The lowest BCUT2D eigenvalue weighted by atomic mass is 9.79. The third-order valence-electron chi connectivity index (χ3n) is 7.94. The zero-order valence-electron chi connectivity index (χ0n) is 24.2. The van der Waals surface area contributed by atoms with Crippen LogP contribution in [0.3, 0.4) is 0 Å². The van der Waals surface area contributed by atoms with Crippen LogP contribution in [-0.2, 0) is 4.79 Å². The number of methoxy groups -OCH3 is 1. The molecule has 41 heavy (non-hydrogen) atoms. The summed E-state index contributed by atoms with van der Waals surface area (Å²) in [6.45, 7) is 9.99. The van der Waals surface area contributed by atoms with Gasteiger partial charge in [0, 0.05) is 43.0 Å². The lowest BCUT2D eigenvalue weighted by molar-refractivity contribution is -0.136. The number of ether oxygens (including phenoxy) is 1. The molecule has 2 aromatic heterocycles. The van der Waals surface area contributed by atoms with Crippen LogP contribution in [0.25, 0.3) is 0 Å². The Hall–Kier alpha value is -3.63. The summed E-state index contributed by atoms with van der Waals surface area (Å²) >= 11 is 1.52. The van der Waals surface area contributed by atoms with Crippen molar-refractivity contribution in [2.45, 2.75) is 51.7 Å². The highest BCUT2D eigenvalue weighted by molar-refractivity contribution is 7.10. The number of piperazine rings is 1. The highest BCUT2D eigenvalue weighted by Gasteiger charge is 2.59. The molecule has 4 unspecified atom stereocenters. The molecule has 0 saturated carbocycles. The Balaban J connectivity index is 1.74. The van der Waals surface area contributed by atoms with E-state index in [2.05, 4.69) is 10.6 Å². The quantitative estimate of drug-likeness (QED) is 0.400. The molecule has 2 N–H and O–H groups in total. The number of urea groups is 1. The lowest BCUT2D eigenvalue weighted by Gasteiger charge is -2.36. The fraction of sp³-hybridized carbons (Fsp3) is 0.452. The highest BCUT2D eigenvalue weighted by atomic mass is 32.1. The molecule has 3 aromatic rings. The summed E-state index contributed by atoms with van der Waals surface area (Å²) in [6, 6.07) is 10.7. The minimum absolute atomic E-state index is 0.146. The predicted molar refractivity (Wildman–Crippen MR) is 158 cm³/mol. The molecular formula is C31H38N4O5S. The van der Waals surface area contributed by atoms with Crippen LogP contribution in [0.1, 0.15) is 58.1 Å². The van der Waals surface area contributed by atoms with E-state index in [9.17, 15) is 14.4 Å². The average molecular weight is 579 g/mol. The van der Waals surface area contributed by atoms with Gasteiger partial charge in [0.15, 0.2) is 5.76 Å². The molecule has 218 valence electrons. The summed E-state index contributed by atoms with van der Waals surface area (Å²) in [7, 11) is 1.59. The second-order valence-corrected chi connectivity index (χ2v) is 12.0. The first kappa shape index (κ1) is 28.9. The number of Topliss-reactive ketones (excluding diaryl/α,β-unsaturated/α-hetero) is 1. The van der Waals surface area contributed by atoms with E-state index in [1.807, 2.05) is 61.4 Å². The van der Waals surface area contributed by atoms with E-state index in [-0.39, 0.29) is 29.5 Å². The molecule has 2 aliphatic rings. The van der Waals surface area contributed by atoms with Gasteiger partial charge in [-0.1, -0.05) is 12.1 Å². The van der Waals surface area contributed by atoms with Crippen LogP contribution in [0.2, 0.25) is 0 Å². The molecule has 0 bridgehead atoms. The molecule has 0 aliphatic carbocycles. The SMILES string of the molecule is COc1ccc(C2C(C(=O)c3ccc(C)o3)C(c3sccc3C)C(C(=O)N3CCNCC3)N2C(=O)NC(C)C)cc1. The molecule has 5 rings (SSSR count). The van der Waals surface area contributed by atoms with E-state index < -0.39 is 23.9 Å². The van der Waals surface area contributed by atoms with Gasteiger partial charge in [-0.25, -0.2) is 4.79 Å². The van der Waals surface area contributed by atoms with Gasteiger partial charge in [0.25, 0.3) is 0 Å². The Bertz CT molecular complexity index is 1390. The second kappa shape index (κ2) is 12.1. The average Bonchev–Trinajstić information content (AvgIpc) is 3.69. The van der Waals surface area contributed by atoms with Gasteiger partial charge in [-0.05, 0) is 74.5 Å². The number of rotatable bonds is 7. The van der Waals surface area contributed by atoms with Gasteiger partial charge < -0.3 is 29.6 Å². The standard InChI is InChI=1S/C31H38N4O5S/c1-18(2)33-31(38)35-26(21-7-9-22(39-5)10-8-21)24(28(36)23-11-6-20(4)40-23)25(29-19(3)12-17-41-29)27(35)30(37)34-15-13-32-14-16-34/h6-12,17-18,24-27,32H,13-16H2,1-5H3,(H,33,38). The van der Waals surface area contributed by atoms with Gasteiger partial charge in [-0.3, -0.25) is 9.59 Å². The second-order valence-electron chi connectivity index (χ2n) is 11.0. The van der Waals surface area contributed by atoms with Crippen molar-refractivity contribution in [1.29, 1.82) is 0 Å². The molecular weight excluding hydrogens is 540 g/mol. The maximum absolute atomic E-state index is 14.5. The first-order chi connectivity index (χ1) is 19.7. The molecule has 0 spiro atoms. The molecule has 2 saturated heterocycles. The number of aryl methyl sites for hydroxylation is 2. The number of nitrogens with one attached hydrogen (secondary N) is 2. The van der Waals surface area contributed by atoms with Gasteiger partial charge in [0.05, 0.1) is 19.1 Å². The van der Waals surface area contributed by atoms with E-state index in [0.29, 0.717) is 37.7 Å². The minimum Gasteiger partial charge on any atom is -0.497 e. The van der Waals surface area contributed by atoms with Crippen molar-refractivity contribution >= 4 is 29.1 Å². The number of likely N-dealkylation sites (tertiary alicyclic amines) is 1. The topological polar surface area (TPSA) is 104 Å². The maximum Gasteiger partial charge on any atom is 0.318 e. The maximum atomic E-state index is 14.5. The van der Waals surface area contributed by atoms with Crippen LogP contribution in [0.4, 0.5) is 4.79 Å². The smallest absolute Gasteiger partial charge is 0.318 e. The summed E-state index contributed by atoms with van der Waals surface area (Å²) in [5.41, 5.74) is 1.74. The van der Waals surface area contributed by atoms with Crippen LogP contribution in [0.15, 0.2) is 52.3 Å². The van der Waals surface area contributed by atoms with E-state index >= 15 is 0 Å². The highest BCUT2D eigenvalue weighted by Crippen LogP contribution is 2.53. The zero-order valence-corrected chi connectivity index (χ0v) is 25.0. The van der Waals surface area contributed by atoms with Crippen LogP contribution in [0, 0.1) is 19.8 Å². The third kappa shape index (κ3) is 5.63. The Labute approximate surface area is 244 Å². The van der Waals surface area contributed by atoms with Gasteiger partial charge in [0.2, 0.25) is 11.7 Å².